The standard InChI is InChI=1S/C5H6O5/c6-4-3-2(1-8-4)9-5(7)10-3/h2-4,6H,1H2/t2-,3?,4?/m0/s1. The van der Waals surface area contributed by atoms with Crippen LogP contribution in [-0.2, 0) is 14.2 Å². The van der Waals surface area contributed by atoms with Crippen molar-refractivity contribution in [1.29, 1.82) is 0 Å². The molecule has 2 rings (SSSR count). The minimum atomic E-state index is -1.02. The molecule has 2 aliphatic heterocycles. The first-order chi connectivity index (χ1) is 4.77. The number of carbonyl (C=O) groups is 1. The molecule has 2 aliphatic rings. The fourth-order valence-electron chi connectivity index (χ4n) is 1.06. The second kappa shape index (κ2) is 1.83. The van der Waals surface area contributed by atoms with Gasteiger partial charge in [0.05, 0.1) is 6.61 Å². The number of hydrogen-bond acceptors (Lipinski definition) is 5. The molecule has 2 saturated heterocycles. The third kappa shape index (κ3) is 0.676. The maximum atomic E-state index is 10.4. The van der Waals surface area contributed by atoms with Gasteiger partial charge in [0.1, 0.15) is 0 Å². The Morgan fingerprint density at radius 3 is 3.00 bits per heavy atom. The lowest BCUT2D eigenvalue weighted by molar-refractivity contribution is -0.108. The quantitative estimate of drug-likeness (QED) is 0.455. The molecule has 1 N–H and O–H groups in total. The molecule has 0 aromatic rings. The van der Waals surface area contributed by atoms with Crippen LogP contribution in [0, 0.1) is 0 Å². The van der Waals surface area contributed by atoms with Crippen molar-refractivity contribution >= 4 is 6.16 Å². The molecule has 5 nitrogen and oxygen atoms in total. The number of rotatable bonds is 0. The van der Waals surface area contributed by atoms with E-state index in [1.165, 1.54) is 0 Å². The summed E-state index contributed by atoms with van der Waals surface area (Å²) in [6, 6.07) is 0. The van der Waals surface area contributed by atoms with E-state index in [1.54, 1.807) is 0 Å². The van der Waals surface area contributed by atoms with E-state index in [1.807, 2.05) is 0 Å². The molecule has 0 saturated carbocycles. The molecule has 0 bridgehead atoms. The van der Waals surface area contributed by atoms with Crippen LogP contribution in [0.2, 0.25) is 0 Å². The first-order valence-corrected chi connectivity index (χ1v) is 2.94. The van der Waals surface area contributed by atoms with Crippen molar-refractivity contribution in [2.75, 3.05) is 6.61 Å². The number of aliphatic hydroxyl groups excluding tert-OH is 1. The molecule has 0 aromatic carbocycles. The highest BCUT2D eigenvalue weighted by Crippen LogP contribution is 2.24. The number of fused-ring (bicyclic) bond motifs is 1. The molecule has 2 unspecified atom stereocenters. The zero-order valence-electron chi connectivity index (χ0n) is 5.02. The predicted octanol–water partition coefficient (Wildman–Crippen LogP) is -0.761. The van der Waals surface area contributed by atoms with Crippen molar-refractivity contribution in [3.8, 4) is 0 Å². The van der Waals surface area contributed by atoms with E-state index in [9.17, 15) is 4.79 Å². The van der Waals surface area contributed by atoms with Crippen LogP contribution in [0.15, 0.2) is 0 Å². The van der Waals surface area contributed by atoms with Gasteiger partial charge in [0.15, 0.2) is 18.5 Å². The normalized spacial score (nSPS) is 44.5. The van der Waals surface area contributed by atoms with Gasteiger partial charge in [-0.25, -0.2) is 4.79 Å². The summed E-state index contributed by atoms with van der Waals surface area (Å²) >= 11 is 0. The second-order valence-electron chi connectivity index (χ2n) is 2.21. The number of aliphatic hydroxyl groups is 1. The molecule has 5 heteroatoms. The Balaban J connectivity index is 2.12. The Bertz CT molecular complexity index is 167. The Kier molecular flexibility index (Phi) is 1.09. The highest BCUT2D eigenvalue weighted by Gasteiger charge is 2.47. The topological polar surface area (TPSA) is 65.0 Å². The summed E-state index contributed by atoms with van der Waals surface area (Å²) in [6.45, 7) is 0.220. The molecule has 0 aliphatic carbocycles. The van der Waals surface area contributed by atoms with Crippen molar-refractivity contribution in [3.05, 3.63) is 0 Å². The Morgan fingerprint density at radius 2 is 2.30 bits per heavy atom. The molecule has 0 spiro atoms. The summed E-state index contributed by atoms with van der Waals surface area (Å²) < 4.78 is 13.9. The molecule has 0 amide bonds. The second-order valence-corrected chi connectivity index (χ2v) is 2.21. The zero-order chi connectivity index (χ0) is 7.14. The van der Waals surface area contributed by atoms with Crippen molar-refractivity contribution < 1.29 is 24.1 Å². The summed E-state index contributed by atoms with van der Waals surface area (Å²) in [5.41, 5.74) is 0. The largest absolute Gasteiger partial charge is 0.509 e. The van der Waals surface area contributed by atoms with E-state index in [0.717, 1.165) is 0 Å². The molecular weight excluding hydrogens is 140 g/mol. The molecule has 56 valence electrons. The predicted molar refractivity (Wildman–Crippen MR) is 27.1 cm³/mol. The lowest BCUT2D eigenvalue weighted by atomic mass is 10.2. The van der Waals surface area contributed by atoms with Crippen LogP contribution in [0.25, 0.3) is 0 Å². The smallest absolute Gasteiger partial charge is 0.424 e. The van der Waals surface area contributed by atoms with Crippen molar-refractivity contribution in [3.63, 3.8) is 0 Å². The molecular formula is C5H6O5. The van der Waals surface area contributed by atoms with E-state index >= 15 is 0 Å². The summed E-state index contributed by atoms with van der Waals surface area (Å²) in [7, 11) is 0. The Hall–Kier alpha value is -0.810. The van der Waals surface area contributed by atoms with Gasteiger partial charge in [0.25, 0.3) is 0 Å². The van der Waals surface area contributed by atoms with Crippen LogP contribution >= 0.6 is 0 Å². The average molecular weight is 146 g/mol. The van der Waals surface area contributed by atoms with Crippen LogP contribution in [0.1, 0.15) is 0 Å². The minimum Gasteiger partial charge on any atom is -0.424 e. The fourth-order valence-corrected chi connectivity index (χ4v) is 1.06. The van der Waals surface area contributed by atoms with Gasteiger partial charge < -0.3 is 19.3 Å². The van der Waals surface area contributed by atoms with Crippen LogP contribution in [0.4, 0.5) is 4.79 Å². The molecule has 10 heavy (non-hydrogen) atoms. The van der Waals surface area contributed by atoms with Gasteiger partial charge in [-0.15, -0.1) is 0 Å². The van der Waals surface area contributed by atoms with Crippen LogP contribution in [0.5, 0.6) is 0 Å². The van der Waals surface area contributed by atoms with Crippen LogP contribution in [0.3, 0.4) is 0 Å². The first-order valence-electron chi connectivity index (χ1n) is 2.94. The summed E-state index contributed by atoms with van der Waals surface area (Å²) in [5, 5.41) is 8.94. The Labute approximate surface area is 56.5 Å². The van der Waals surface area contributed by atoms with E-state index in [2.05, 4.69) is 9.47 Å². The van der Waals surface area contributed by atoms with E-state index < -0.39 is 24.7 Å². The van der Waals surface area contributed by atoms with Crippen LogP contribution < -0.4 is 0 Å². The number of carbonyl (C=O) groups excluding carboxylic acids is 1. The van der Waals surface area contributed by atoms with Gasteiger partial charge in [0.2, 0.25) is 0 Å². The first kappa shape index (κ1) is 5.94. The van der Waals surface area contributed by atoms with E-state index in [4.69, 9.17) is 9.84 Å². The minimum absolute atomic E-state index is 0.220. The van der Waals surface area contributed by atoms with Gasteiger partial charge in [-0.1, -0.05) is 0 Å². The summed E-state index contributed by atoms with van der Waals surface area (Å²) in [6.07, 6.45) is -2.77. The lowest BCUT2D eigenvalue weighted by Gasteiger charge is -2.05. The molecule has 2 heterocycles. The van der Waals surface area contributed by atoms with Gasteiger partial charge >= 0.3 is 6.16 Å². The Morgan fingerprint density at radius 1 is 1.50 bits per heavy atom. The number of ether oxygens (including phenoxy) is 3. The third-order valence-corrected chi connectivity index (χ3v) is 1.56. The maximum Gasteiger partial charge on any atom is 0.509 e. The third-order valence-electron chi connectivity index (χ3n) is 1.56. The SMILES string of the molecule is O=C1OC2C(O)OC[C@@H]2O1. The van der Waals surface area contributed by atoms with Crippen molar-refractivity contribution in [1.82, 2.24) is 0 Å². The zero-order valence-corrected chi connectivity index (χ0v) is 5.02. The van der Waals surface area contributed by atoms with Gasteiger partial charge in [-0.2, -0.15) is 0 Å². The van der Waals surface area contributed by atoms with Crippen molar-refractivity contribution in [2.45, 2.75) is 18.5 Å². The molecule has 0 radical (unpaired) electrons. The van der Waals surface area contributed by atoms with Gasteiger partial charge in [-0.3, -0.25) is 0 Å². The van der Waals surface area contributed by atoms with Crippen LogP contribution in [-0.4, -0.2) is 36.4 Å². The van der Waals surface area contributed by atoms with Gasteiger partial charge in [-0.05, 0) is 0 Å². The summed E-state index contributed by atoms with van der Waals surface area (Å²) in [4.78, 5) is 10.4. The monoisotopic (exact) mass is 146 g/mol. The lowest BCUT2D eigenvalue weighted by Crippen LogP contribution is -2.26. The maximum absolute atomic E-state index is 10.4. The highest BCUT2D eigenvalue weighted by molar-refractivity contribution is 5.62. The average Bonchev–Trinajstić information content (AvgIpc) is 2.35. The van der Waals surface area contributed by atoms with E-state index in [0.29, 0.717) is 0 Å². The summed E-state index contributed by atoms with van der Waals surface area (Å²) in [5.74, 6) is 0. The molecule has 0 aromatic heterocycles. The van der Waals surface area contributed by atoms with Crippen molar-refractivity contribution in [2.24, 2.45) is 0 Å². The fraction of sp³-hybridized carbons (Fsp3) is 0.800. The highest BCUT2D eigenvalue weighted by atomic mass is 16.8. The van der Waals surface area contributed by atoms with E-state index in [-0.39, 0.29) is 6.61 Å². The van der Waals surface area contributed by atoms with Gasteiger partial charge in [0, 0.05) is 0 Å². The molecule has 2 fully saturated rings. The number of hydrogen-bond donors (Lipinski definition) is 1. The molecule has 3 atom stereocenters.